The van der Waals surface area contributed by atoms with Gasteiger partial charge in [0.15, 0.2) is 6.61 Å². The second kappa shape index (κ2) is 7.08. The van der Waals surface area contributed by atoms with Crippen molar-refractivity contribution in [3.63, 3.8) is 0 Å². The van der Waals surface area contributed by atoms with Gasteiger partial charge < -0.3 is 10.1 Å². The first-order valence-electron chi connectivity index (χ1n) is 7.51. The van der Waals surface area contributed by atoms with E-state index in [1.165, 1.54) is 12.1 Å². The fourth-order valence-electron chi connectivity index (χ4n) is 2.69. The van der Waals surface area contributed by atoms with E-state index in [1.807, 2.05) is 0 Å². The van der Waals surface area contributed by atoms with Crippen LogP contribution in [0.4, 0.5) is 5.69 Å². The van der Waals surface area contributed by atoms with Crippen LogP contribution in [-0.4, -0.2) is 28.9 Å². The van der Waals surface area contributed by atoms with E-state index in [0.29, 0.717) is 18.4 Å². The predicted octanol–water partition coefficient (Wildman–Crippen LogP) is 2.01. The number of carbonyl (C=O) groups is 2. The zero-order valence-corrected chi connectivity index (χ0v) is 13.2. The fourth-order valence-corrected chi connectivity index (χ4v) is 2.69. The lowest BCUT2D eigenvalue weighted by atomic mass is 10.00. The summed E-state index contributed by atoms with van der Waals surface area (Å²) < 4.78 is 4.88. The van der Waals surface area contributed by atoms with Gasteiger partial charge in [-0.15, -0.1) is 0 Å². The quantitative estimate of drug-likeness (QED) is 0.500. The smallest absolute Gasteiger partial charge is 0.338 e. The number of esters is 1. The number of carbonyl (C=O) groups excluding carboxylic acids is 2. The Hall–Kier alpha value is -2.95. The summed E-state index contributed by atoms with van der Waals surface area (Å²) in [6, 6.07) is 6.06. The van der Waals surface area contributed by atoms with Gasteiger partial charge in [0, 0.05) is 11.6 Å². The van der Waals surface area contributed by atoms with Crippen molar-refractivity contribution in [2.75, 3.05) is 6.61 Å². The number of ether oxygens (including phenoxy) is 1. The Labute approximate surface area is 138 Å². The molecule has 1 saturated carbocycles. The number of rotatable bonds is 5. The number of hydrogen-bond acceptors (Lipinski definition) is 6. The number of nitro benzene ring substituents is 1. The average Bonchev–Trinajstić information content (AvgIpc) is 3.01. The van der Waals surface area contributed by atoms with Crippen LogP contribution in [0, 0.1) is 28.4 Å². The van der Waals surface area contributed by atoms with Crippen molar-refractivity contribution < 1.29 is 19.2 Å². The van der Waals surface area contributed by atoms with E-state index in [0.717, 1.165) is 18.9 Å². The molecular weight excluding hydrogens is 314 g/mol. The molecule has 0 spiro atoms. The molecule has 0 aliphatic heterocycles. The van der Waals surface area contributed by atoms with Gasteiger partial charge in [-0.05, 0) is 38.7 Å². The van der Waals surface area contributed by atoms with Gasteiger partial charge in [0.1, 0.15) is 5.54 Å². The highest BCUT2D eigenvalue weighted by atomic mass is 16.6. The third kappa shape index (κ3) is 3.87. The SMILES string of the molecule is Cc1ccc(C(=O)OCC(=O)NC2(C#N)CCCC2)cc1[N+](=O)[O-]. The molecule has 1 aliphatic rings. The van der Waals surface area contributed by atoms with Gasteiger partial charge in [0.25, 0.3) is 11.6 Å². The number of nitrogens with one attached hydrogen (secondary N) is 1. The van der Waals surface area contributed by atoms with Gasteiger partial charge >= 0.3 is 5.97 Å². The summed E-state index contributed by atoms with van der Waals surface area (Å²) in [4.78, 5) is 34.1. The number of amides is 1. The van der Waals surface area contributed by atoms with E-state index in [4.69, 9.17) is 4.74 Å². The molecule has 0 bridgehead atoms. The third-order valence-electron chi connectivity index (χ3n) is 4.03. The van der Waals surface area contributed by atoms with Gasteiger partial charge in [-0.25, -0.2) is 4.79 Å². The van der Waals surface area contributed by atoms with E-state index in [1.54, 1.807) is 6.92 Å². The highest BCUT2D eigenvalue weighted by Gasteiger charge is 2.35. The molecule has 0 atom stereocenters. The van der Waals surface area contributed by atoms with Gasteiger partial charge in [-0.2, -0.15) is 5.26 Å². The molecule has 0 heterocycles. The van der Waals surface area contributed by atoms with E-state index in [9.17, 15) is 25.0 Å². The van der Waals surface area contributed by atoms with Gasteiger partial charge in [0.05, 0.1) is 16.6 Å². The normalized spacial score (nSPS) is 15.3. The number of nitrogens with zero attached hydrogens (tertiary/aromatic N) is 2. The van der Waals surface area contributed by atoms with Crippen molar-refractivity contribution in [1.82, 2.24) is 5.32 Å². The molecule has 1 fully saturated rings. The molecular formula is C16H17N3O5. The Kier molecular flexibility index (Phi) is 5.14. The van der Waals surface area contributed by atoms with E-state index in [-0.39, 0.29) is 11.3 Å². The van der Waals surface area contributed by atoms with Crippen molar-refractivity contribution in [3.8, 4) is 6.07 Å². The van der Waals surface area contributed by atoms with Crippen LogP contribution >= 0.6 is 0 Å². The van der Waals surface area contributed by atoms with E-state index < -0.39 is 28.9 Å². The van der Waals surface area contributed by atoms with Crippen LogP contribution in [-0.2, 0) is 9.53 Å². The van der Waals surface area contributed by atoms with Crippen LogP contribution in [0.25, 0.3) is 0 Å². The topological polar surface area (TPSA) is 122 Å². The van der Waals surface area contributed by atoms with Crippen molar-refractivity contribution in [2.45, 2.75) is 38.1 Å². The first-order chi connectivity index (χ1) is 11.4. The number of hydrogen-bond donors (Lipinski definition) is 1. The number of nitro groups is 1. The molecule has 126 valence electrons. The highest BCUT2D eigenvalue weighted by Crippen LogP contribution is 2.28. The Bertz CT molecular complexity index is 717. The lowest BCUT2D eigenvalue weighted by Crippen LogP contribution is -2.46. The minimum absolute atomic E-state index is 0.00374. The van der Waals surface area contributed by atoms with Crippen LogP contribution in [0.3, 0.4) is 0 Å². The second-order valence-electron chi connectivity index (χ2n) is 5.78. The summed E-state index contributed by atoms with van der Waals surface area (Å²) >= 11 is 0. The Morgan fingerprint density at radius 1 is 1.42 bits per heavy atom. The van der Waals surface area contributed by atoms with Gasteiger partial charge in [-0.1, -0.05) is 6.07 Å². The molecule has 1 aromatic rings. The predicted molar refractivity (Wildman–Crippen MR) is 83.1 cm³/mol. The van der Waals surface area contributed by atoms with Crippen molar-refractivity contribution in [1.29, 1.82) is 5.26 Å². The number of aryl methyl sites for hydroxylation is 1. The van der Waals surface area contributed by atoms with Gasteiger partial charge in [0.2, 0.25) is 0 Å². The molecule has 8 nitrogen and oxygen atoms in total. The van der Waals surface area contributed by atoms with Crippen LogP contribution in [0.15, 0.2) is 18.2 Å². The lowest BCUT2D eigenvalue weighted by Gasteiger charge is -2.21. The summed E-state index contributed by atoms with van der Waals surface area (Å²) in [6.45, 7) is 1.02. The number of benzene rings is 1. The Balaban J connectivity index is 1.96. The average molecular weight is 331 g/mol. The summed E-state index contributed by atoms with van der Waals surface area (Å²) in [5.74, 6) is -1.39. The zero-order valence-electron chi connectivity index (χ0n) is 13.2. The molecule has 24 heavy (non-hydrogen) atoms. The highest BCUT2D eigenvalue weighted by molar-refractivity contribution is 5.92. The Morgan fingerprint density at radius 3 is 2.67 bits per heavy atom. The summed E-state index contributed by atoms with van der Waals surface area (Å²) in [5.41, 5.74) is -0.655. The largest absolute Gasteiger partial charge is 0.452 e. The standard InChI is InChI=1S/C16H17N3O5/c1-11-4-5-12(8-13(11)19(22)23)15(21)24-9-14(20)18-16(10-17)6-2-3-7-16/h4-5,8H,2-3,6-7,9H2,1H3,(H,18,20). The molecule has 0 saturated heterocycles. The molecule has 0 radical (unpaired) electrons. The minimum Gasteiger partial charge on any atom is -0.452 e. The third-order valence-corrected chi connectivity index (χ3v) is 4.03. The number of nitriles is 1. The maximum atomic E-state index is 11.9. The maximum Gasteiger partial charge on any atom is 0.338 e. The molecule has 1 amide bonds. The summed E-state index contributed by atoms with van der Waals surface area (Å²) in [6.07, 6.45) is 2.88. The Morgan fingerprint density at radius 2 is 2.08 bits per heavy atom. The van der Waals surface area contributed by atoms with Crippen LogP contribution in [0.1, 0.15) is 41.6 Å². The molecule has 2 rings (SSSR count). The van der Waals surface area contributed by atoms with Crippen LogP contribution in [0.5, 0.6) is 0 Å². The van der Waals surface area contributed by atoms with Crippen LogP contribution in [0.2, 0.25) is 0 Å². The lowest BCUT2D eigenvalue weighted by molar-refractivity contribution is -0.385. The molecule has 0 unspecified atom stereocenters. The molecule has 0 aromatic heterocycles. The first-order valence-corrected chi connectivity index (χ1v) is 7.51. The molecule has 1 aromatic carbocycles. The molecule has 1 N–H and O–H groups in total. The molecule has 8 heteroatoms. The maximum absolute atomic E-state index is 11.9. The van der Waals surface area contributed by atoms with Crippen molar-refractivity contribution >= 4 is 17.6 Å². The van der Waals surface area contributed by atoms with E-state index in [2.05, 4.69) is 11.4 Å². The monoisotopic (exact) mass is 331 g/mol. The minimum atomic E-state index is -0.883. The summed E-state index contributed by atoms with van der Waals surface area (Å²) in [5, 5.41) is 22.7. The second-order valence-corrected chi connectivity index (χ2v) is 5.78. The zero-order chi connectivity index (χ0) is 17.7. The fraction of sp³-hybridized carbons (Fsp3) is 0.438. The van der Waals surface area contributed by atoms with Crippen molar-refractivity contribution in [2.24, 2.45) is 0 Å². The summed E-state index contributed by atoms with van der Waals surface area (Å²) in [7, 11) is 0. The first kappa shape index (κ1) is 17.4. The van der Waals surface area contributed by atoms with Crippen LogP contribution < -0.4 is 5.32 Å². The van der Waals surface area contributed by atoms with Gasteiger partial charge in [-0.3, -0.25) is 14.9 Å². The molecule has 1 aliphatic carbocycles. The van der Waals surface area contributed by atoms with Crippen molar-refractivity contribution in [3.05, 3.63) is 39.4 Å². The van der Waals surface area contributed by atoms with E-state index >= 15 is 0 Å².